The van der Waals surface area contributed by atoms with Crippen LogP contribution < -0.4 is 11.1 Å². The number of H-pyrrole nitrogens is 1. The third-order valence-corrected chi connectivity index (χ3v) is 3.79. The minimum Gasteiger partial charge on any atom is -0.308 e. The maximum absolute atomic E-state index is 12.4. The topological polar surface area (TPSA) is 91.5 Å². The lowest BCUT2D eigenvalue weighted by Gasteiger charge is -2.11. The van der Waals surface area contributed by atoms with E-state index in [1.54, 1.807) is 44.2 Å². The molecule has 0 unspecified atom stereocenters. The highest BCUT2D eigenvalue weighted by Gasteiger charge is 2.12. The summed E-state index contributed by atoms with van der Waals surface area (Å²) in [7, 11) is 0. The largest absolute Gasteiger partial charge is 0.308 e. The summed E-state index contributed by atoms with van der Waals surface area (Å²) in [5.74, 6) is 0.381. The van der Waals surface area contributed by atoms with Gasteiger partial charge in [0.1, 0.15) is 17.5 Å². The number of fused-ring (bicyclic) bond motifs is 1. The number of aromatic amines is 1. The number of hydrogen-bond acceptors (Lipinski definition) is 4. The average Bonchev–Trinajstić information content (AvgIpc) is 2.52. The van der Waals surface area contributed by atoms with Crippen LogP contribution in [0.3, 0.4) is 0 Å². The van der Waals surface area contributed by atoms with Crippen LogP contribution in [-0.2, 0) is 6.54 Å². The number of pyridine rings is 1. The van der Waals surface area contributed by atoms with Crippen molar-refractivity contribution in [2.75, 3.05) is 0 Å². The molecule has 2 aromatic heterocycles. The van der Waals surface area contributed by atoms with Gasteiger partial charge in [0.05, 0.1) is 17.4 Å². The van der Waals surface area contributed by atoms with E-state index in [0.29, 0.717) is 28.0 Å². The van der Waals surface area contributed by atoms with Gasteiger partial charge in [-0.25, -0.2) is 4.98 Å². The molecule has 3 rings (SSSR count). The molecule has 0 aliphatic carbocycles. The Labute approximate surface area is 131 Å². The summed E-state index contributed by atoms with van der Waals surface area (Å²) in [6, 6.07) is 10.7. The third-order valence-electron chi connectivity index (χ3n) is 3.79. The molecule has 0 bridgehead atoms. The van der Waals surface area contributed by atoms with Gasteiger partial charge >= 0.3 is 0 Å². The quantitative estimate of drug-likeness (QED) is 0.778. The monoisotopic (exact) mass is 306 g/mol. The van der Waals surface area contributed by atoms with E-state index in [2.05, 4.69) is 9.97 Å². The molecule has 23 heavy (non-hydrogen) atoms. The Balaban J connectivity index is 2.16. The van der Waals surface area contributed by atoms with Crippen LogP contribution in [0.4, 0.5) is 0 Å². The van der Waals surface area contributed by atoms with Crippen LogP contribution >= 0.6 is 0 Å². The first kappa shape index (κ1) is 14.7. The van der Waals surface area contributed by atoms with Gasteiger partial charge in [-0.3, -0.25) is 9.59 Å². The highest BCUT2D eigenvalue weighted by molar-refractivity contribution is 5.77. The maximum atomic E-state index is 12.4. The fourth-order valence-electron chi connectivity index (χ4n) is 2.62. The lowest BCUT2D eigenvalue weighted by Crippen LogP contribution is -2.27. The van der Waals surface area contributed by atoms with Crippen LogP contribution in [0.2, 0.25) is 0 Å². The molecule has 6 heteroatoms. The maximum Gasteiger partial charge on any atom is 0.269 e. The van der Waals surface area contributed by atoms with Crippen molar-refractivity contribution in [2.24, 2.45) is 0 Å². The van der Waals surface area contributed by atoms with E-state index in [0.717, 1.165) is 0 Å². The van der Waals surface area contributed by atoms with E-state index in [1.165, 1.54) is 4.57 Å². The lowest BCUT2D eigenvalue weighted by atomic mass is 10.1. The first-order chi connectivity index (χ1) is 11.0. The number of nitriles is 1. The van der Waals surface area contributed by atoms with Crippen molar-refractivity contribution < 1.29 is 0 Å². The Morgan fingerprint density at radius 1 is 1.26 bits per heavy atom. The minimum absolute atomic E-state index is 0.110. The Morgan fingerprint density at radius 2 is 2.00 bits per heavy atom. The van der Waals surface area contributed by atoms with Crippen molar-refractivity contribution >= 4 is 10.9 Å². The van der Waals surface area contributed by atoms with Gasteiger partial charge in [0.2, 0.25) is 0 Å². The van der Waals surface area contributed by atoms with Crippen molar-refractivity contribution in [1.82, 2.24) is 14.5 Å². The number of para-hydroxylation sites is 1. The molecule has 0 atom stereocenters. The molecule has 0 radical (unpaired) electrons. The first-order valence-electron chi connectivity index (χ1n) is 7.10. The van der Waals surface area contributed by atoms with E-state index in [1.807, 2.05) is 6.07 Å². The van der Waals surface area contributed by atoms with Crippen LogP contribution in [0.15, 0.2) is 39.9 Å². The molecular weight excluding hydrogens is 292 g/mol. The highest BCUT2D eigenvalue weighted by atomic mass is 16.1. The molecule has 2 heterocycles. The number of rotatable bonds is 2. The van der Waals surface area contributed by atoms with Gasteiger partial charge in [0.15, 0.2) is 0 Å². The van der Waals surface area contributed by atoms with Crippen molar-refractivity contribution in [3.8, 4) is 6.07 Å². The molecular formula is C17H14N4O2. The Hall–Kier alpha value is -3.20. The Bertz CT molecular complexity index is 1070. The van der Waals surface area contributed by atoms with E-state index < -0.39 is 0 Å². The summed E-state index contributed by atoms with van der Waals surface area (Å²) in [5.41, 5.74) is 1.42. The summed E-state index contributed by atoms with van der Waals surface area (Å²) in [4.78, 5) is 31.6. The molecule has 0 fully saturated rings. The Kier molecular flexibility index (Phi) is 3.54. The first-order valence-corrected chi connectivity index (χ1v) is 7.10. The van der Waals surface area contributed by atoms with Gasteiger partial charge in [-0.1, -0.05) is 12.1 Å². The van der Waals surface area contributed by atoms with Crippen LogP contribution in [0.5, 0.6) is 0 Å². The van der Waals surface area contributed by atoms with Crippen molar-refractivity contribution in [2.45, 2.75) is 20.4 Å². The molecule has 0 amide bonds. The zero-order valence-electron chi connectivity index (χ0n) is 12.8. The number of hydrogen-bond donors (Lipinski definition) is 1. The molecule has 1 aromatic carbocycles. The number of aryl methyl sites for hydroxylation is 2. The van der Waals surface area contributed by atoms with E-state index in [-0.39, 0.29) is 23.2 Å². The number of nitrogens with one attached hydrogen (secondary N) is 1. The highest BCUT2D eigenvalue weighted by Crippen LogP contribution is 2.09. The van der Waals surface area contributed by atoms with Crippen LogP contribution in [0, 0.1) is 25.2 Å². The fourth-order valence-corrected chi connectivity index (χ4v) is 2.62. The predicted octanol–water partition coefficient (Wildman–Crippen LogP) is 1.62. The lowest BCUT2D eigenvalue weighted by molar-refractivity contribution is 0.688. The van der Waals surface area contributed by atoms with Crippen molar-refractivity contribution in [1.29, 1.82) is 5.26 Å². The van der Waals surface area contributed by atoms with Gasteiger partial charge in [0, 0.05) is 5.69 Å². The molecule has 0 saturated carbocycles. The minimum atomic E-state index is -0.374. The second-order valence-corrected chi connectivity index (χ2v) is 5.38. The second-order valence-electron chi connectivity index (χ2n) is 5.38. The van der Waals surface area contributed by atoms with Crippen molar-refractivity contribution in [3.63, 3.8) is 0 Å². The van der Waals surface area contributed by atoms with Gasteiger partial charge in [-0.05, 0) is 37.6 Å². The molecule has 0 aliphatic heterocycles. The van der Waals surface area contributed by atoms with E-state index >= 15 is 0 Å². The average molecular weight is 306 g/mol. The summed E-state index contributed by atoms with van der Waals surface area (Å²) in [6.07, 6.45) is 0. The van der Waals surface area contributed by atoms with Crippen LogP contribution in [-0.4, -0.2) is 14.5 Å². The molecule has 3 aromatic rings. The van der Waals surface area contributed by atoms with Gasteiger partial charge < -0.3 is 9.55 Å². The number of nitrogens with zero attached hydrogens (tertiary/aromatic N) is 3. The Morgan fingerprint density at radius 3 is 2.74 bits per heavy atom. The van der Waals surface area contributed by atoms with E-state index in [4.69, 9.17) is 5.26 Å². The molecule has 114 valence electrons. The summed E-state index contributed by atoms with van der Waals surface area (Å²) >= 11 is 0. The SMILES string of the molecule is Cc1cc(C)n(Cc2nc3ccccc3c(=O)[nH]2)c(=O)c1C#N. The van der Waals surface area contributed by atoms with Gasteiger partial charge in [-0.15, -0.1) is 0 Å². The van der Waals surface area contributed by atoms with Crippen LogP contribution in [0.25, 0.3) is 10.9 Å². The third kappa shape index (κ3) is 2.53. The summed E-state index contributed by atoms with van der Waals surface area (Å²) < 4.78 is 1.44. The molecule has 6 nitrogen and oxygen atoms in total. The molecule has 1 N–H and O–H groups in total. The van der Waals surface area contributed by atoms with Crippen LogP contribution in [0.1, 0.15) is 22.6 Å². The second kappa shape index (κ2) is 5.54. The molecule has 0 saturated heterocycles. The number of aromatic nitrogens is 3. The zero-order chi connectivity index (χ0) is 16.6. The summed E-state index contributed by atoms with van der Waals surface area (Å²) in [5, 5.41) is 9.63. The fraction of sp³-hybridized carbons (Fsp3) is 0.176. The normalized spacial score (nSPS) is 10.7. The van der Waals surface area contributed by atoms with Gasteiger partial charge in [0.25, 0.3) is 11.1 Å². The standard InChI is InChI=1S/C17H14N4O2/c1-10-7-11(2)21(17(23)13(10)8-18)9-15-19-14-6-4-3-5-12(14)16(22)20-15/h3-7H,9H2,1-2H3,(H,19,20,22). The van der Waals surface area contributed by atoms with Gasteiger partial charge in [-0.2, -0.15) is 5.26 Å². The van der Waals surface area contributed by atoms with E-state index in [9.17, 15) is 9.59 Å². The zero-order valence-corrected chi connectivity index (χ0v) is 12.8. The summed E-state index contributed by atoms with van der Waals surface area (Å²) in [6.45, 7) is 3.63. The smallest absolute Gasteiger partial charge is 0.269 e. The molecule has 0 aliphatic rings. The number of benzene rings is 1. The van der Waals surface area contributed by atoms with Crippen molar-refractivity contribution in [3.05, 3.63) is 73.7 Å². The molecule has 0 spiro atoms. The predicted molar refractivity (Wildman–Crippen MR) is 86.4 cm³/mol.